The second-order valence-corrected chi connectivity index (χ2v) is 9.69. The van der Waals surface area contributed by atoms with E-state index in [1.165, 1.54) is 0 Å². The number of nitrogens with one attached hydrogen (secondary N) is 1. The number of carbonyl (C=O) groups is 1. The highest BCUT2D eigenvalue weighted by molar-refractivity contribution is 7.92. The zero-order valence-electron chi connectivity index (χ0n) is 16.6. The molecule has 2 aromatic carbocycles. The van der Waals surface area contributed by atoms with Crippen molar-refractivity contribution < 1.29 is 13.2 Å². The minimum Gasteiger partial charge on any atom is -0.352 e. The van der Waals surface area contributed by atoms with E-state index in [4.69, 9.17) is 11.6 Å². The standard InChI is InChI=1S/C21H26ClN3O3S/c1-16-7-9-18(10-8-16)29(27,28)25(20-6-4-3-5-19(20)22)15-21(26)23-17-11-13-24(2)14-12-17/h3-10,17H,11-15H2,1-2H3,(H,23,26). The Morgan fingerprint density at radius 2 is 1.76 bits per heavy atom. The number of piperidine rings is 1. The molecule has 1 aliphatic heterocycles. The number of hydrogen-bond donors (Lipinski definition) is 1. The fourth-order valence-electron chi connectivity index (χ4n) is 3.35. The molecule has 0 atom stereocenters. The molecule has 0 saturated carbocycles. The molecule has 8 heteroatoms. The first kappa shape index (κ1) is 21.6. The third-order valence-corrected chi connectivity index (χ3v) is 7.19. The van der Waals surface area contributed by atoms with Crippen molar-refractivity contribution in [2.24, 2.45) is 0 Å². The van der Waals surface area contributed by atoms with Crippen molar-refractivity contribution in [3.8, 4) is 0 Å². The maximum Gasteiger partial charge on any atom is 0.264 e. The summed E-state index contributed by atoms with van der Waals surface area (Å²) in [6.45, 7) is 3.37. The Balaban J connectivity index is 1.87. The molecule has 1 aliphatic rings. The van der Waals surface area contributed by atoms with E-state index < -0.39 is 10.0 Å². The molecule has 2 aromatic rings. The lowest BCUT2D eigenvalue weighted by Gasteiger charge is -2.30. The van der Waals surface area contributed by atoms with Gasteiger partial charge in [0.2, 0.25) is 5.91 Å². The lowest BCUT2D eigenvalue weighted by Crippen LogP contribution is -2.47. The Morgan fingerprint density at radius 3 is 2.38 bits per heavy atom. The monoisotopic (exact) mass is 435 g/mol. The lowest BCUT2D eigenvalue weighted by atomic mass is 10.1. The highest BCUT2D eigenvalue weighted by atomic mass is 35.5. The van der Waals surface area contributed by atoms with Gasteiger partial charge in [-0.05, 0) is 64.2 Å². The number of sulfonamides is 1. The zero-order valence-corrected chi connectivity index (χ0v) is 18.2. The summed E-state index contributed by atoms with van der Waals surface area (Å²) in [6.07, 6.45) is 1.69. The molecular formula is C21H26ClN3O3S. The fraction of sp³-hybridized carbons (Fsp3) is 0.381. The summed E-state index contributed by atoms with van der Waals surface area (Å²) >= 11 is 6.29. The van der Waals surface area contributed by atoms with Crippen LogP contribution in [0.4, 0.5) is 5.69 Å². The molecule has 0 aliphatic carbocycles. The number of anilines is 1. The Morgan fingerprint density at radius 1 is 1.14 bits per heavy atom. The molecule has 1 amide bonds. The number of likely N-dealkylation sites (tertiary alicyclic amines) is 1. The van der Waals surface area contributed by atoms with Crippen LogP contribution in [0.3, 0.4) is 0 Å². The highest BCUT2D eigenvalue weighted by Crippen LogP contribution is 2.30. The lowest BCUT2D eigenvalue weighted by molar-refractivity contribution is -0.120. The molecule has 156 valence electrons. The van der Waals surface area contributed by atoms with Crippen LogP contribution in [0.15, 0.2) is 53.4 Å². The van der Waals surface area contributed by atoms with Gasteiger partial charge in [-0.3, -0.25) is 9.10 Å². The number of aryl methyl sites for hydroxylation is 1. The molecule has 3 rings (SSSR count). The van der Waals surface area contributed by atoms with Gasteiger partial charge in [-0.2, -0.15) is 0 Å². The van der Waals surface area contributed by atoms with E-state index in [1.54, 1.807) is 48.5 Å². The van der Waals surface area contributed by atoms with Crippen LogP contribution in [0.25, 0.3) is 0 Å². The Labute approximate surface area is 177 Å². The average molecular weight is 436 g/mol. The average Bonchev–Trinajstić information content (AvgIpc) is 2.69. The predicted octanol–water partition coefficient (Wildman–Crippen LogP) is 3.05. The third kappa shape index (κ3) is 5.29. The van der Waals surface area contributed by atoms with Gasteiger partial charge < -0.3 is 10.2 Å². The van der Waals surface area contributed by atoms with Crippen LogP contribution in [-0.4, -0.2) is 51.9 Å². The molecule has 29 heavy (non-hydrogen) atoms. The normalized spacial score (nSPS) is 15.8. The quantitative estimate of drug-likeness (QED) is 0.757. The Hall–Kier alpha value is -2.09. The van der Waals surface area contributed by atoms with E-state index in [-0.39, 0.29) is 34.1 Å². The van der Waals surface area contributed by atoms with Gasteiger partial charge in [0.05, 0.1) is 15.6 Å². The molecular weight excluding hydrogens is 410 g/mol. The number of para-hydroxylation sites is 1. The van der Waals surface area contributed by atoms with Crippen LogP contribution in [0.2, 0.25) is 5.02 Å². The van der Waals surface area contributed by atoms with Crippen molar-refractivity contribution >= 4 is 33.2 Å². The topological polar surface area (TPSA) is 69.7 Å². The summed E-state index contributed by atoms with van der Waals surface area (Å²) in [4.78, 5) is 15.1. The molecule has 1 saturated heterocycles. The van der Waals surface area contributed by atoms with Gasteiger partial charge in [0.25, 0.3) is 10.0 Å². The highest BCUT2D eigenvalue weighted by Gasteiger charge is 2.29. The number of halogens is 1. The van der Waals surface area contributed by atoms with Crippen molar-refractivity contribution in [2.75, 3.05) is 31.0 Å². The minimum atomic E-state index is -3.96. The second-order valence-electron chi connectivity index (χ2n) is 7.42. The Kier molecular flexibility index (Phi) is 6.82. The molecule has 1 N–H and O–H groups in total. The van der Waals surface area contributed by atoms with Crippen molar-refractivity contribution in [3.05, 3.63) is 59.1 Å². The van der Waals surface area contributed by atoms with Crippen molar-refractivity contribution in [1.82, 2.24) is 10.2 Å². The number of carbonyl (C=O) groups excluding carboxylic acids is 1. The molecule has 0 spiro atoms. The zero-order chi connectivity index (χ0) is 21.0. The van der Waals surface area contributed by atoms with Gasteiger partial charge >= 0.3 is 0 Å². The Bertz CT molecular complexity index is 955. The smallest absolute Gasteiger partial charge is 0.264 e. The van der Waals surface area contributed by atoms with Gasteiger partial charge in [-0.1, -0.05) is 41.4 Å². The fourth-order valence-corrected chi connectivity index (χ4v) is 5.08. The number of amides is 1. The van der Waals surface area contributed by atoms with Crippen LogP contribution in [-0.2, 0) is 14.8 Å². The maximum atomic E-state index is 13.3. The molecule has 0 unspecified atom stereocenters. The van der Waals surface area contributed by atoms with E-state index in [9.17, 15) is 13.2 Å². The molecule has 1 heterocycles. The first-order valence-corrected chi connectivity index (χ1v) is 11.4. The van der Waals surface area contributed by atoms with Crippen molar-refractivity contribution in [1.29, 1.82) is 0 Å². The summed E-state index contributed by atoms with van der Waals surface area (Å²) in [7, 11) is -1.91. The molecule has 1 fully saturated rings. The predicted molar refractivity (Wildman–Crippen MR) is 116 cm³/mol. The summed E-state index contributed by atoms with van der Waals surface area (Å²) in [5.74, 6) is -0.338. The van der Waals surface area contributed by atoms with Crippen molar-refractivity contribution in [3.63, 3.8) is 0 Å². The van der Waals surface area contributed by atoms with Gasteiger partial charge in [-0.25, -0.2) is 8.42 Å². The van der Waals surface area contributed by atoms with Gasteiger partial charge in [-0.15, -0.1) is 0 Å². The van der Waals surface area contributed by atoms with Gasteiger partial charge in [0.1, 0.15) is 6.54 Å². The van der Waals surface area contributed by atoms with E-state index in [0.717, 1.165) is 35.8 Å². The number of benzene rings is 2. The summed E-state index contributed by atoms with van der Waals surface area (Å²) in [5.41, 5.74) is 1.24. The van der Waals surface area contributed by atoms with E-state index >= 15 is 0 Å². The summed E-state index contributed by atoms with van der Waals surface area (Å²) < 4.78 is 27.8. The third-order valence-electron chi connectivity index (χ3n) is 5.10. The van der Waals surface area contributed by atoms with E-state index in [0.29, 0.717) is 0 Å². The SMILES string of the molecule is Cc1ccc(S(=O)(=O)N(CC(=O)NC2CCN(C)CC2)c2ccccc2Cl)cc1. The summed E-state index contributed by atoms with van der Waals surface area (Å²) in [6, 6.07) is 13.3. The second kappa shape index (κ2) is 9.15. The van der Waals surface area contributed by atoms with Crippen molar-refractivity contribution in [2.45, 2.75) is 30.7 Å². The number of hydrogen-bond acceptors (Lipinski definition) is 4. The number of nitrogens with zero attached hydrogens (tertiary/aromatic N) is 2. The van der Waals surface area contributed by atoms with Crippen LogP contribution in [0.1, 0.15) is 18.4 Å². The molecule has 0 aromatic heterocycles. The van der Waals surface area contributed by atoms with E-state index in [1.807, 2.05) is 14.0 Å². The maximum absolute atomic E-state index is 13.3. The largest absolute Gasteiger partial charge is 0.352 e. The van der Waals surface area contributed by atoms with Gasteiger partial charge in [0, 0.05) is 6.04 Å². The molecule has 0 bridgehead atoms. The summed E-state index contributed by atoms with van der Waals surface area (Å²) in [5, 5.41) is 3.25. The first-order valence-electron chi connectivity index (χ1n) is 9.59. The minimum absolute atomic E-state index is 0.0499. The van der Waals surface area contributed by atoms with Crippen LogP contribution < -0.4 is 9.62 Å². The van der Waals surface area contributed by atoms with Crippen LogP contribution in [0, 0.1) is 6.92 Å². The van der Waals surface area contributed by atoms with Gasteiger partial charge in [0.15, 0.2) is 0 Å². The van der Waals surface area contributed by atoms with E-state index in [2.05, 4.69) is 10.2 Å². The van der Waals surface area contributed by atoms with Crippen LogP contribution in [0.5, 0.6) is 0 Å². The molecule has 0 radical (unpaired) electrons. The van der Waals surface area contributed by atoms with Crippen LogP contribution >= 0.6 is 11.6 Å². The number of rotatable bonds is 6. The molecule has 6 nitrogen and oxygen atoms in total. The first-order chi connectivity index (χ1) is 13.8.